The number of aromatic nitrogens is 1. The molecule has 0 aliphatic carbocycles. The zero-order chi connectivity index (χ0) is 15.4. The Bertz CT molecular complexity index is 658. The van der Waals surface area contributed by atoms with Gasteiger partial charge in [-0.25, -0.2) is 4.79 Å². The molecule has 1 aliphatic heterocycles. The first-order valence-corrected chi connectivity index (χ1v) is 7.40. The summed E-state index contributed by atoms with van der Waals surface area (Å²) in [6.07, 6.45) is 3.65. The van der Waals surface area contributed by atoms with E-state index in [2.05, 4.69) is 10.3 Å². The Morgan fingerprint density at radius 2 is 2.27 bits per heavy atom. The average molecular weight is 297 g/mol. The molecule has 1 N–H and O–H groups in total. The maximum atomic E-state index is 12.4. The second kappa shape index (κ2) is 6.47. The fraction of sp³-hybridized carbons (Fsp3) is 0.294. The van der Waals surface area contributed by atoms with E-state index in [9.17, 15) is 4.79 Å². The molecule has 0 spiro atoms. The molecule has 2 aromatic rings. The third kappa shape index (κ3) is 3.03. The van der Waals surface area contributed by atoms with E-state index in [1.165, 1.54) is 0 Å². The number of nitrogens with one attached hydrogen (secondary N) is 1. The fourth-order valence-corrected chi connectivity index (χ4v) is 2.68. The van der Waals surface area contributed by atoms with E-state index in [0.717, 1.165) is 42.1 Å². The van der Waals surface area contributed by atoms with Gasteiger partial charge in [0.2, 0.25) is 0 Å². The minimum Gasteiger partial charge on any atom is -0.497 e. The van der Waals surface area contributed by atoms with Crippen LogP contribution in [0.5, 0.6) is 5.75 Å². The lowest BCUT2D eigenvalue weighted by atomic mass is 10.0. The molecule has 2 amide bonds. The van der Waals surface area contributed by atoms with Gasteiger partial charge in [0.1, 0.15) is 5.75 Å². The summed E-state index contributed by atoms with van der Waals surface area (Å²) in [5, 5.41) is 2.93. The number of anilines is 1. The largest absolute Gasteiger partial charge is 0.497 e. The van der Waals surface area contributed by atoms with Crippen LogP contribution in [-0.2, 0) is 13.0 Å². The van der Waals surface area contributed by atoms with Crippen molar-refractivity contribution in [2.45, 2.75) is 19.4 Å². The van der Waals surface area contributed by atoms with Crippen LogP contribution in [0.4, 0.5) is 10.5 Å². The van der Waals surface area contributed by atoms with E-state index in [1.807, 2.05) is 36.4 Å². The van der Waals surface area contributed by atoms with Crippen LogP contribution in [0.25, 0.3) is 0 Å². The summed E-state index contributed by atoms with van der Waals surface area (Å²) in [6, 6.07) is 11.4. The highest BCUT2D eigenvalue weighted by atomic mass is 16.5. The normalized spacial score (nSPS) is 13.4. The fourth-order valence-electron chi connectivity index (χ4n) is 2.68. The van der Waals surface area contributed by atoms with E-state index in [-0.39, 0.29) is 6.03 Å². The van der Waals surface area contributed by atoms with Crippen molar-refractivity contribution in [3.8, 4) is 5.75 Å². The highest BCUT2D eigenvalue weighted by Gasteiger charge is 2.22. The SMILES string of the molecule is COc1ccc2c(c1)CCCN2C(=O)NCc1ccccn1. The number of nitrogens with zero attached hydrogens (tertiary/aromatic N) is 2. The van der Waals surface area contributed by atoms with Crippen LogP contribution in [0.1, 0.15) is 17.7 Å². The summed E-state index contributed by atoms with van der Waals surface area (Å²) in [7, 11) is 1.65. The van der Waals surface area contributed by atoms with Crippen LogP contribution in [0, 0.1) is 0 Å². The van der Waals surface area contributed by atoms with Crippen molar-refractivity contribution in [2.75, 3.05) is 18.6 Å². The maximum absolute atomic E-state index is 12.4. The molecule has 2 heterocycles. The summed E-state index contributed by atoms with van der Waals surface area (Å²) in [6.45, 7) is 1.16. The average Bonchev–Trinajstić information content (AvgIpc) is 2.59. The minimum atomic E-state index is -0.0863. The second-order valence-corrected chi connectivity index (χ2v) is 5.23. The molecule has 0 saturated heterocycles. The van der Waals surface area contributed by atoms with Crippen molar-refractivity contribution >= 4 is 11.7 Å². The van der Waals surface area contributed by atoms with Gasteiger partial charge in [-0.15, -0.1) is 0 Å². The number of aryl methyl sites for hydroxylation is 1. The van der Waals surface area contributed by atoms with Crippen molar-refractivity contribution in [3.63, 3.8) is 0 Å². The van der Waals surface area contributed by atoms with Gasteiger partial charge in [-0.2, -0.15) is 0 Å². The molecule has 1 aromatic carbocycles. The van der Waals surface area contributed by atoms with E-state index in [0.29, 0.717) is 6.54 Å². The Morgan fingerprint density at radius 3 is 3.05 bits per heavy atom. The van der Waals surface area contributed by atoms with Gasteiger partial charge in [0.25, 0.3) is 0 Å². The third-order valence-electron chi connectivity index (χ3n) is 3.80. The Hall–Kier alpha value is -2.56. The molecule has 0 unspecified atom stereocenters. The van der Waals surface area contributed by atoms with Crippen LogP contribution < -0.4 is 15.0 Å². The summed E-state index contributed by atoms with van der Waals surface area (Å²) >= 11 is 0. The molecule has 1 aliphatic rings. The molecule has 0 saturated carbocycles. The molecule has 1 aromatic heterocycles. The van der Waals surface area contributed by atoms with Gasteiger partial charge in [-0.3, -0.25) is 9.88 Å². The van der Waals surface area contributed by atoms with E-state index < -0.39 is 0 Å². The first-order valence-electron chi connectivity index (χ1n) is 7.40. The maximum Gasteiger partial charge on any atom is 0.322 e. The van der Waals surface area contributed by atoms with Crippen LogP contribution in [0.15, 0.2) is 42.6 Å². The van der Waals surface area contributed by atoms with Gasteiger partial charge in [0.15, 0.2) is 0 Å². The third-order valence-corrected chi connectivity index (χ3v) is 3.80. The lowest BCUT2D eigenvalue weighted by Crippen LogP contribution is -2.42. The number of ether oxygens (including phenoxy) is 1. The number of urea groups is 1. The van der Waals surface area contributed by atoms with Gasteiger partial charge in [0.05, 0.1) is 19.3 Å². The van der Waals surface area contributed by atoms with Crippen molar-refractivity contribution < 1.29 is 9.53 Å². The minimum absolute atomic E-state index is 0.0863. The highest BCUT2D eigenvalue weighted by Crippen LogP contribution is 2.30. The zero-order valence-corrected chi connectivity index (χ0v) is 12.6. The van der Waals surface area contributed by atoms with Gasteiger partial charge in [0, 0.05) is 18.4 Å². The predicted octanol–water partition coefficient (Wildman–Crippen LogP) is 2.75. The van der Waals surface area contributed by atoms with Crippen molar-refractivity contribution in [3.05, 3.63) is 53.9 Å². The van der Waals surface area contributed by atoms with E-state index >= 15 is 0 Å². The summed E-state index contributed by atoms with van der Waals surface area (Å²) in [5.74, 6) is 0.828. The van der Waals surface area contributed by atoms with Gasteiger partial charge in [-0.05, 0) is 48.7 Å². The van der Waals surface area contributed by atoms with Gasteiger partial charge in [-0.1, -0.05) is 6.07 Å². The first kappa shape index (κ1) is 14.4. The lowest BCUT2D eigenvalue weighted by molar-refractivity contribution is 0.245. The Morgan fingerprint density at radius 1 is 1.36 bits per heavy atom. The molecular formula is C17H19N3O2. The quantitative estimate of drug-likeness (QED) is 0.947. The number of carbonyl (C=O) groups excluding carboxylic acids is 1. The number of benzene rings is 1. The monoisotopic (exact) mass is 297 g/mol. The van der Waals surface area contributed by atoms with Crippen molar-refractivity contribution in [2.24, 2.45) is 0 Å². The van der Waals surface area contributed by atoms with Gasteiger partial charge < -0.3 is 10.1 Å². The van der Waals surface area contributed by atoms with E-state index in [1.54, 1.807) is 18.2 Å². The first-order chi connectivity index (χ1) is 10.8. The number of hydrogen-bond acceptors (Lipinski definition) is 3. The van der Waals surface area contributed by atoms with Crippen LogP contribution >= 0.6 is 0 Å². The Balaban J connectivity index is 1.72. The zero-order valence-electron chi connectivity index (χ0n) is 12.6. The molecular weight excluding hydrogens is 278 g/mol. The smallest absolute Gasteiger partial charge is 0.322 e. The topological polar surface area (TPSA) is 54.5 Å². The Labute approximate surface area is 129 Å². The van der Waals surface area contributed by atoms with Crippen LogP contribution in [0.2, 0.25) is 0 Å². The second-order valence-electron chi connectivity index (χ2n) is 5.23. The summed E-state index contributed by atoms with van der Waals surface area (Å²) in [5.41, 5.74) is 2.96. The number of pyridine rings is 1. The number of methoxy groups -OCH3 is 1. The standard InChI is InChI=1S/C17H19N3O2/c1-22-15-7-8-16-13(11-15)5-4-10-20(16)17(21)19-12-14-6-2-3-9-18-14/h2-3,6-9,11H,4-5,10,12H2,1H3,(H,19,21). The molecule has 0 atom stereocenters. The van der Waals surface area contributed by atoms with Crippen molar-refractivity contribution in [1.29, 1.82) is 0 Å². The molecule has 0 bridgehead atoms. The molecule has 3 rings (SSSR count). The predicted molar refractivity (Wildman–Crippen MR) is 85.1 cm³/mol. The molecule has 0 radical (unpaired) electrons. The number of hydrogen-bond donors (Lipinski definition) is 1. The Kier molecular flexibility index (Phi) is 4.23. The van der Waals surface area contributed by atoms with Crippen LogP contribution in [0.3, 0.4) is 0 Å². The van der Waals surface area contributed by atoms with Gasteiger partial charge >= 0.3 is 6.03 Å². The molecule has 22 heavy (non-hydrogen) atoms. The lowest BCUT2D eigenvalue weighted by Gasteiger charge is -2.29. The summed E-state index contributed by atoms with van der Waals surface area (Å²) < 4.78 is 5.25. The van der Waals surface area contributed by atoms with E-state index in [4.69, 9.17) is 4.74 Å². The molecule has 5 heteroatoms. The molecule has 0 fully saturated rings. The molecule has 5 nitrogen and oxygen atoms in total. The number of carbonyl (C=O) groups is 1. The number of fused-ring (bicyclic) bond motifs is 1. The number of amides is 2. The van der Waals surface area contributed by atoms with Crippen LogP contribution in [-0.4, -0.2) is 24.7 Å². The van der Waals surface area contributed by atoms with Crippen molar-refractivity contribution in [1.82, 2.24) is 10.3 Å². The molecule has 114 valence electrons. The number of rotatable bonds is 3. The summed E-state index contributed by atoms with van der Waals surface area (Å²) in [4.78, 5) is 18.5. The highest BCUT2D eigenvalue weighted by molar-refractivity contribution is 5.93.